The molecule has 0 aliphatic rings. The lowest BCUT2D eigenvalue weighted by Gasteiger charge is -2.05. The first kappa shape index (κ1) is 11.2. The maximum Gasteiger partial charge on any atom is 0.125 e. The van der Waals surface area contributed by atoms with Gasteiger partial charge in [-0.15, -0.1) is 11.3 Å². The van der Waals surface area contributed by atoms with Crippen molar-refractivity contribution in [2.75, 3.05) is 7.05 Å². The van der Waals surface area contributed by atoms with E-state index in [2.05, 4.69) is 34.5 Å². The number of aromatic nitrogens is 2. The van der Waals surface area contributed by atoms with Crippen molar-refractivity contribution in [1.29, 1.82) is 0 Å². The molecule has 0 bridgehead atoms. The summed E-state index contributed by atoms with van der Waals surface area (Å²) in [6.07, 6.45) is 3.69. The monoisotopic (exact) mass is 233 g/mol. The normalized spacial score (nSPS) is 12.7. The van der Waals surface area contributed by atoms with Crippen LogP contribution in [-0.2, 0) is 0 Å². The fourth-order valence-electron chi connectivity index (χ4n) is 1.44. The summed E-state index contributed by atoms with van der Waals surface area (Å²) in [7, 11) is 1.94. The third kappa shape index (κ3) is 2.13. The molecule has 0 saturated heterocycles. The number of thiazole rings is 1. The maximum atomic E-state index is 4.63. The van der Waals surface area contributed by atoms with E-state index < -0.39 is 0 Å². The largest absolute Gasteiger partial charge is 0.312 e. The standard InChI is InChI=1S/C12H15N3S/c1-8-4-5-14-6-10(8)12-15-11(7-16-12)9(2)13-3/h4-7,9,13H,1-3H3. The highest BCUT2D eigenvalue weighted by Gasteiger charge is 2.10. The van der Waals surface area contributed by atoms with Crippen LogP contribution in [0.1, 0.15) is 24.2 Å². The molecule has 1 unspecified atom stereocenters. The van der Waals surface area contributed by atoms with Crippen LogP contribution in [0.4, 0.5) is 0 Å². The summed E-state index contributed by atoms with van der Waals surface area (Å²) in [6.45, 7) is 4.19. The van der Waals surface area contributed by atoms with Crippen LogP contribution in [0.15, 0.2) is 23.8 Å². The number of rotatable bonds is 3. The summed E-state index contributed by atoms with van der Waals surface area (Å²) in [5.74, 6) is 0. The first-order valence-electron chi connectivity index (χ1n) is 5.26. The molecule has 0 spiro atoms. The highest BCUT2D eigenvalue weighted by atomic mass is 32.1. The molecule has 84 valence electrons. The molecule has 0 amide bonds. The summed E-state index contributed by atoms with van der Waals surface area (Å²) in [6, 6.07) is 2.31. The average Bonchev–Trinajstić information content (AvgIpc) is 2.78. The lowest BCUT2D eigenvalue weighted by molar-refractivity contribution is 0.637. The van der Waals surface area contributed by atoms with Gasteiger partial charge in [-0.25, -0.2) is 4.98 Å². The Hall–Kier alpha value is -1.26. The van der Waals surface area contributed by atoms with E-state index in [1.165, 1.54) is 5.56 Å². The zero-order valence-electron chi connectivity index (χ0n) is 9.69. The summed E-state index contributed by atoms with van der Waals surface area (Å²) < 4.78 is 0. The average molecular weight is 233 g/mol. The molecule has 2 aromatic rings. The molecule has 2 rings (SSSR count). The van der Waals surface area contributed by atoms with Crippen molar-refractivity contribution in [2.24, 2.45) is 0 Å². The fraction of sp³-hybridized carbons (Fsp3) is 0.333. The third-order valence-electron chi connectivity index (χ3n) is 2.67. The molecule has 4 heteroatoms. The molecule has 2 aromatic heterocycles. The van der Waals surface area contributed by atoms with Crippen molar-refractivity contribution in [1.82, 2.24) is 15.3 Å². The number of nitrogens with zero attached hydrogens (tertiary/aromatic N) is 2. The number of aryl methyl sites for hydroxylation is 1. The Morgan fingerprint density at radius 3 is 2.94 bits per heavy atom. The van der Waals surface area contributed by atoms with E-state index in [0.29, 0.717) is 6.04 Å². The van der Waals surface area contributed by atoms with E-state index in [-0.39, 0.29) is 0 Å². The van der Waals surface area contributed by atoms with E-state index in [1.54, 1.807) is 11.3 Å². The highest BCUT2D eigenvalue weighted by molar-refractivity contribution is 7.13. The van der Waals surface area contributed by atoms with Gasteiger partial charge in [0, 0.05) is 29.4 Å². The predicted molar refractivity (Wildman–Crippen MR) is 67.6 cm³/mol. The summed E-state index contributed by atoms with van der Waals surface area (Å²) >= 11 is 1.67. The van der Waals surface area contributed by atoms with E-state index >= 15 is 0 Å². The first-order chi connectivity index (χ1) is 7.72. The smallest absolute Gasteiger partial charge is 0.125 e. The van der Waals surface area contributed by atoms with Crippen molar-refractivity contribution in [2.45, 2.75) is 19.9 Å². The van der Waals surface area contributed by atoms with Gasteiger partial charge in [0.25, 0.3) is 0 Å². The van der Waals surface area contributed by atoms with Crippen LogP contribution < -0.4 is 5.32 Å². The van der Waals surface area contributed by atoms with Crippen LogP contribution in [0.3, 0.4) is 0 Å². The lowest BCUT2D eigenvalue weighted by Crippen LogP contribution is -2.12. The number of pyridine rings is 1. The fourth-order valence-corrected chi connectivity index (χ4v) is 2.43. The number of hydrogen-bond donors (Lipinski definition) is 1. The Morgan fingerprint density at radius 1 is 1.44 bits per heavy atom. The van der Waals surface area contributed by atoms with Crippen molar-refractivity contribution >= 4 is 11.3 Å². The van der Waals surface area contributed by atoms with Gasteiger partial charge < -0.3 is 5.32 Å². The summed E-state index contributed by atoms with van der Waals surface area (Å²) in [5.41, 5.74) is 3.43. The van der Waals surface area contributed by atoms with Gasteiger partial charge in [-0.2, -0.15) is 0 Å². The summed E-state index contributed by atoms with van der Waals surface area (Å²) in [5, 5.41) is 6.33. The van der Waals surface area contributed by atoms with Gasteiger partial charge in [0.15, 0.2) is 0 Å². The van der Waals surface area contributed by atoms with Gasteiger partial charge in [-0.1, -0.05) is 0 Å². The number of hydrogen-bond acceptors (Lipinski definition) is 4. The van der Waals surface area contributed by atoms with E-state index in [0.717, 1.165) is 16.3 Å². The van der Waals surface area contributed by atoms with Crippen LogP contribution in [0.25, 0.3) is 10.6 Å². The number of nitrogens with one attached hydrogen (secondary N) is 1. The van der Waals surface area contributed by atoms with E-state index in [4.69, 9.17) is 0 Å². The van der Waals surface area contributed by atoms with Gasteiger partial charge in [0.05, 0.1) is 5.69 Å². The molecule has 0 radical (unpaired) electrons. The second-order valence-corrected chi connectivity index (χ2v) is 4.64. The minimum atomic E-state index is 0.293. The van der Waals surface area contributed by atoms with Gasteiger partial charge in [-0.05, 0) is 32.5 Å². The first-order valence-corrected chi connectivity index (χ1v) is 6.14. The topological polar surface area (TPSA) is 37.8 Å². The molecule has 1 N–H and O–H groups in total. The van der Waals surface area contributed by atoms with E-state index in [1.807, 2.05) is 25.5 Å². The molecule has 2 heterocycles. The quantitative estimate of drug-likeness (QED) is 0.885. The van der Waals surface area contributed by atoms with Crippen molar-refractivity contribution in [3.63, 3.8) is 0 Å². The molecule has 0 aromatic carbocycles. The highest BCUT2D eigenvalue weighted by Crippen LogP contribution is 2.27. The van der Waals surface area contributed by atoms with Crippen LogP contribution in [0.2, 0.25) is 0 Å². The molecule has 16 heavy (non-hydrogen) atoms. The third-order valence-corrected chi connectivity index (χ3v) is 3.56. The molecule has 0 aliphatic heterocycles. The van der Waals surface area contributed by atoms with Crippen LogP contribution in [-0.4, -0.2) is 17.0 Å². The van der Waals surface area contributed by atoms with Crippen molar-refractivity contribution in [3.8, 4) is 10.6 Å². The molecule has 1 atom stereocenters. The second kappa shape index (κ2) is 4.72. The Labute approximate surface area is 99.6 Å². The lowest BCUT2D eigenvalue weighted by atomic mass is 10.2. The second-order valence-electron chi connectivity index (χ2n) is 3.78. The zero-order valence-corrected chi connectivity index (χ0v) is 10.5. The summed E-state index contributed by atoms with van der Waals surface area (Å²) in [4.78, 5) is 8.78. The predicted octanol–water partition coefficient (Wildman–Crippen LogP) is 2.79. The maximum absolute atomic E-state index is 4.63. The Kier molecular flexibility index (Phi) is 3.31. The van der Waals surface area contributed by atoms with Crippen LogP contribution >= 0.6 is 11.3 Å². The molecule has 0 fully saturated rings. The van der Waals surface area contributed by atoms with E-state index in [9.17, 15) is 0 Å². The molecule has 3 nitrogen and oxygen atoms in total. The van der Waals surface area contributed by atoms with Crippen LogP contribution in [0, 0.1) is 6.92 Å². The zero-order chi connectivity index (χ0) is 11.5. The van der Waals surface area contributed by atoms with Gasteiger partial charge in [0.1, 0.15) is 5.01 Å². The molecular weight excluding hydrogens is 218 g/mol. The van der Waals surface area contributed by atoms with Crippen molar-refractivity contribution in [3.05, 3.63) is 35.1 Å². The SMILES string of the molecule is CNC(C)c1csc(-c2cnccc2C)n1. The van der Waals surface area contributed by atoms with Crippen LogP contribution in [0.5, 0.6) is 0 Å². The van der Waals surface area contributed by atoms with Gasteiger partial charge >= 0.3 is 0 Å². The Morgan fingerprint density at radius 2 is 2.25 bits per heavy atom. The minimum Gasteiger partial charge on any atom is -0.312 e. The Balaban J connectivity index is 2.35. The van der Waals surface area contributed by atoms with Gasteiger partial charge in [-0.3, -0.25) is 4.98 Å². The minimum absolute atomic E-state index is 0.293. The Bertz CT molecular complexity index is 479. The molecule has 0 saturated carbocycles. The molecular formula is C12H15N3S. The molecule has 0 aliphatic carbocycles. The van der Waals surface area contributed by atoms with Gasteiger partial charge in [0.2, 0.25) is 0 Å². The van der Waals surface area contributed by atoms with Crippen molar-refractivity contribution < 1.29 is 0 Å².